The van der Waals surface area contributed by atoms with E-state index in [-0.39, 0.29) is 23.1 Å². The summed E-state index contributed by atoms with van der Waals surface area (Å²) in [5.41, 5.74) is 1.22. The molecule has 0 aromatic rings. The van der Waals surface area contributed by atoms with Crippen molar-refractivity contribution in [2.45, 2.75) is 12.8 Å². The fourth-order valence-electron chi connectivity index (χ4n) is 0.510. The normalized spacial score (nSPS) is 14.8. The molecule has 0 amide bonds. The zero-order valence-electron chi connectivity index (χ0n) is 4.90. The molecule has 0 saturated carbocycles. The van der Waals surface area contributed by atoms with Crippen LogP contribution in [-0.4, -0.2) is 36.3 Å². The van der Waals surface area contributed by atoms with Gasteiger partial charge in [-0.3, -0.25) is 0 Å². The summed E-state index contributed by atoms with van der Waals surface area (Å²) >= 11 is 4.76. The molecule has 0 bridgehead atoms. The second kappa shape index (κ2) is 11.5. The largest absolute Gasteiger partial charge is 0.381 e. The van der Waals surface area contributed by atoms with Gasteiger partial charge in [-0.1, -0.05) is 18.2 Å². The van der Waals surface area contributed by atoms with E-state index in [1.807, 2.05) is 0 Å². The van der Waals surface area contributed by atoms with Gasteiger partial charge in [0.1, 0.15) is 0 Å². The minimum atomic E-state index is 0. The van der Waals surface area contributed by atoms with Crippen molar-refractivity contribution in [1.29, 1.82) is 0 Å². The summed E-state index contributed by atoms with van der Waals surface area (Å²) < 4.78 is 4.94. The number of rotatable bonds is 0. The summed E-state index contributed by atoms with van der Waals surface area (Å²) in [6, 6.07) is 0. The van der Waals surface area contributed by atoms with Gasteiger partial charge in [-0.2, -0.15) is 0 Å². The quantitative estimate of drug-likeness (QED) is 0.485. The molecule has 0 aromatic carbocycles. The fourth-order valence-corrected chi connectivity index (χ4v) is 0.510. The summed E-state index contributed by atoms with van der Waals surface area (Å²) in [5, 5.41) is 0. The average molecular weight is 161 g/mol. The van der Waals surface area contributed by atoms with Crippen molar-refractivity contribution in [3.8, 4) is 0 Å². The van der Waals surface area contributed by atoms with Crippen LogP contribution in [0.1, 0.15) is 12.8 Å². The Morgan fingerprint density at radius 2 is 1.67 bits per heavy atom. The van der Waals surface area contributed by atoms with Gasteiger partial charge in [0, 0.05) is 13.2 Å². The predicted molar refractivity (Wildman–Crippen MR) is 44.6 cm³/mol. The molecule has 0 spiro atoms. The smallest absolute Gasteiger partial charge is 0.316 e. The summed E-state index contributed by atoms with van der Waals surface area (Å²) in [6.07, 6.45) is 2.56. The number of hydrogen-bond donors (Lipinski definition) is 0. The maximum atomic E-state index is 4.94. The molecule has 9 heavy (non-hydrogen) atoms. The first-order chi connectivity index (χ1) is 3.91. The molecule has 0 atom stereocenters. The van der Waals surface area contributed by atoms with E-state index in [0.29, 0.717) is 0 Å². The fraction of sp³-hybridized carbons (Fsp3) is 0.667. The van der Waals surface area contributed by atoms with Gasteiger partial charge in [0.2, 0.25) is 0 Å². The van der Waals surface area contributed by atoms with Crippen molar-refractivity contribution in [3.63, 3.8) is 0 Å². The van der Waals surface area contributed by atoms with Crippen molar-refractivity contribution in [1.82, 2.24) is 0 Å². The first kappa shape index (κ1) is 12.4. The topological polar surface area (TPSA) is 9.23 Å². The highest BCUT2D eigenvalue weighted by Crippen LogP contribution is 1.98. The third-order valence-electron chi connectivity index (χ3n) is 0.827. The molecule has 1 rings (SSSR count). The predicted octanol–water partition coefficient (Wildman–Crippen LogP) is 1.25. The highest BCUT2D eigenvalue weighted by molar-refractivity contribution is 6.25. The van der Waals surface area contributed by atoms with Crippen LogP contribution in [0.4, 0.5) is 0 Å². The van der Waals surface area contributed by atoms with Gasteiger partial charge in [-0.25, -0.2) is 0 Å². The third-order valence-corrected chi connectivity index (χ3v) is 0.827. The van der Waals surface area contributed by atoms with E-state index >= 15 is 0 Å². The van der Waals surface area contributed by atoms with Gasteiger partial charge in [0.05, 0.1) is 0 Å². The van der Waals surface area contributed by atoms with Gasteiger partial charge in [0.15, 0.2) is 0 Å². The zero-order chi connectivity index (χ0) is 6.24. The van der Waals surface area contributed by atoms with Gasteiger partial charge < -0.3 is 4.74 Å². The van der Waals surface area contributed by atoms with E-state index in [1.165, 1.54) is 18.4 Å². The van der Waals surface area contributed by atoms with Crippen LogP contribution in [0.5, 0.6) is 0 Å². The second-order valence-electron chi connectivity index (χ2n) is 1.47. The van der Waals surface area contributed by atoms with E-state index in [9.17, 15) is 0 Å². The van der Waals surface area contributed by atoms with Crippen LogP contribution < -0.4 is 0 Å². The molecule has 1 aliphatic rings. The van der Waals surface area contributed by atoms with Crippen molar-refractivity contribution in [3.05, 3.63) is 12.1 Å². The van der Waals surface area contributed by atoms with Crippen LogP contribution >= 0.6 is 11.6 Å². The molecule has 0 aliphatic carbocycles. The lowest BCUT2D eigenvalue weighted by Crippen LogP contribution is -1.74. The van der Waals surface area contributed by atoms with Gasteiger partial charge in [0.25, 0.3) is 0 Å². The molecule has 1 fully saturated rings. The Balaban J connectivity index is 0. The molecule has 1 saturated heterocycles. The molecule has 52 valence electrons. The molecule has 1 heterocycles. The Morgan fingerprint density at radius 1 is 1.33 bits per heavy atom. The van der Waals surface area contributed by atoms with E-state index in [1.54, 1.807) is 0 Å². The minimum Gasteiger partial charge on any atom is -0.381 e. The summed E-state index contributed by atoms with van der Waals surface area (Å²) in [5.74, 6) is 0. The van der Waals surface area contributed by atoms with Gasteiger partial charge in [-0.15, -0.1) is 0 Å². The van der Waals surface area contributed by atoms with Crippen LogP contribution in [0.3, 0.4) is 0 Å². The Bertz CT molecular complexity index is 47.4. The van der Waals surface area contributed by atoms with Crippen molar-refractivity contribution in [2.75, 3.05) is 13.2 Å². The van der Waals surface area contributed by atoms with Crippen LogP contribution in [0.2, 0.25) is 0 Å². The van der Waals surface area contributed by atoms with E-state index in [4.69, 9.17) is 16.3 Å². The average Bonchev–Trinajstić information content (AvgIpc) is 2.17. The van der Waals surface area contributed by atoms with E-state index < -0.39 is 0 Å². The van der Waals surface area contributed by atoms with Crippen LogP contribution in [-0.2, 0) is 4.74 Å². The molecule has 0 N–H and O–H groups in total. The first-order valence-corrected chi connectivity index (χ1v) is 3.14. The molecule has 0 aromatic heterocycles. The molecular formula is C6H13ClMgO. The number of halogens is 1. The maximum absolute atomic E-state index is 4.94. The molecular weight excluding hydrogens is 148 g/mol. The highest BCUT2D eigenvalue weighted by Gasteiger charge is 1.94. The third kappa shape index (κ3) is 12.1. The molecule has 1 aliphatic heterocycles. The minimum absolute atomic E-state index is 0. The lowest BCUT2D eigenvalue weighted by molar-refractivity contribution is 0.198. The van der Waals surface area contributed by atoms with Crippen molar-refractivity contribution < 1.29 is 4.74 Å². The molecule has 1 nitrogen and oxygen atoms in total. The summed E-state index contributed by atoms with van der Waals surface area (Å²) in [7, 11) is 0. The SMILES string of the molecule is C1CCOC1.C=CCl.[MgH2]. The van der Waals surface area contributed by atoms with E-state index in [0.717, 1.165) is 13.2 Å². The lowest BCUT2D eigenvalue weighted by Gasteiger charge is -1.76. The standard InChI is InChI=1S/C4H8O.C2H3Cl.Mg.2H/c1-2-4-5-3-1;1-2-3;;;/h1-4H2;2H,1H2;;;. The monoisotopic (exact) mass is 160 g/mol. The maximum Gasteiger partial charge on any atom is 0.316 e. The van der Waals surface area contributed by atoms with Crippen LogP contribution in [0.25, 0.3) is 0 Å². The Morgan fingerprint density at radius 3 is 1.78 bits per heavy atom. The summed E-state index contributed by atoms with van der Waals surface area (Å²) in [4.78, 5) is 0. The van der Waals surface area contributed by atoms with Crippen LogP contribution in [0.15, 0.2) is 12.1 Å². The van der Waals surface area contributed by atoms with Gasteiger partial charge >= 0.3 is 23.1 Å². The Kier molecular flexibility index (Phi) is 15.9. The Labute approximate surface area is 77.6 Å². The second-order valence-corrected chi connectivity index (χ2v) is 1.78. The summed E-state index contributed by atoms with van der Waals surface area (Å²) in [6.45, 7) is 5.13. The first-order valence-electron chi connectivity index (χ1n) is 2.70. The number of hydrogen-bond acceptors (Lipinski definition) is 1. The molecule has 0 unspecified atom stereocenters. The van der Waals surface area contributed by atoms with Gasteiger partial charge in [-0.05, 0) is 18.4 Å². The molecule has 3 heteroatoms. The zero-order valence-corrected chi connectivity index (χ0v) is 5.66. The highest BCUT2D eigenvalue weighted by atomic mass is 35.5. The number of ether oxygens (including phenoxy) is 1. The Hall–Kier alpha value is 0.756. The van der Waals surface area contributed by atoms with Crippen molar-refractivity contribution >= 4 is 34.7 Å². The lowest BCUT2D eigenvalue weighted by atomic mass is 10.4. The van der Waals surface area contributed by atoms with Crippen LogP contribution in [0, 0.1) is 0 Å². The van der Waals surface area contributed by atoms with Crippen molar-refractivity contribution in [2.24, 2.45) is 0 Å². The van der Waals surface area contributed by atoms with E-state index in [2.05, 4.69) is 6.58 Å². The molecule has 0 radical (unpaired) electrons.